The van der Waals surface area contributed by atoms with E-state index in [2.05, 4.69) is 10.4 Å². The van der Waals surface area contributed by atoms with Crippen LogP contribution in [0.3, 0.4) is 0 Å². The second kappa shape index (κ2) is 8.47. The molecule has 0 spiro atoms. The largest absolute Gasteiger partial charge is 0.481 e. The van der Waals surface area contributed by atoms with E-state index in [-0.39, 0.29) is 12.5 Å². The number of aliphatic carboxylic acids is 1. The molecule has 152 valence electrons. The van der Waals surface area contributed by atoms with Crippen molar-refractivity contribution in [1.29, 1.82) is 0 Å². The Morgan fingerprint density at radius 1 is 1.14 bits per heavy atom. The SMILES string of the molecule is Cc1nn(C)c(C)c1C(C)C(=O)NCC(Cc1cccc2ccccc12)C(=O)O. The van der Waals surface area contributed by atoms with Crippen LogP contribution in [-0.2, 0) is 23.1 Å². The van der Waals surface area contributed by atoms with Gasteiger partial charge >= 0.3 is 5.97 Å². The molecule has 0 saturated carbocycles. The molecule has 0 aliphatic rings. The van der Waals surface area contributed by atoms with E-state index < -0.39 is 17.8 Å². The van der Waals surface area contributed by atoms with E-state index in [0.717, 1.165) is 33.3 Å². The number of carbonyl (C=O) groups excluding carboxylic acids is 1. The third-order valence-electron chi connectivity index (χ3n) is 5.61. The van der Waals surface area contributed by atoms with Crippen molar-refractivity contribution in [3.63, 3.8) is 0 Å². The number of aromatic nitrogens is 2. The Morgan fingerprint density at radius 2 is 1.83 bits per heavy atom. The van der Waals surface area contributed by atoms with Crippen molar-refractivity contribution in [2.45, 2.75) is 33.1 Å². The van der Waals surface area contributed by atoms with Gasteiger partial charge in [0.1, 0.15) is 0 Å². The maximum atomic E-state index is 12.7. The van der Waals surface area contributed by atoms with Gasteiger partial charge in [0.05, 0.1) is 17.5 Å². The van der Waals surface area contributed by atoms with E-state index in [1.807, 2.05) is 70.3 Å². The summed E-state index contributed by atoms with van der Waals surface area (Å²) in [5.41, 5.74) is 3.62. The van der Waals surface area contributed by atoms with Crippen molar-refractivity contribution in [2.75, 3.05) is 6.54 Å². The number of hydrogen-bond acceptors (Lipinski definition) is 3. The summed E-state index contributed by atoms with van der Waals surface area (Å²) < 4.78 is 1.76. The predicted molar refractivity (Wildman–Crippen MR) is 113 cm³/mol. The number of rotatable bonds is 7. The minimum absolute atomic E-state index is 0.0834. The lowest BCUT2D eigenvalue weighted by molar-refractivity contribution is -0.141. The van der Waals surface area contributed by atoms with Crippen LogP contribution >= 0.6 is 0 Å². The topological polar surface area (TPSA) is 84.2 Å². The molecule has 0 bridgehead atoms. The molecule has 29 heavy (non-hydrogen) atoms. The first-order valence-corrected chi connectivity index (χ1v) is 9.76. The zero-order chi connectivity index (χ0) is 21.1. The average molecular weight is 393 g/mol. The zero-order valence-electron chi connectivity index (χ0n) is 17.3. The Kier molecular flexibility index (Phi) is 6.01. The van der Waals surface area contributed by atoms with Gasteiger partial charge in [-0.05, 0) is 43.5 Å². The number of amides is 1. The Bertz CT molecular complexity index is 1050. The van der Waals surface area contributed by atoms with Gasteiger partial charge in [-0.1, -0.05) is 42.5 Å². The van der Waals surface area contributed by atoms with Gasteiger partial charge in [-0.2, -0.15) is 5.10 Å². The number of carbonyl (C=O) groups is 2. The van der Waals surface area contributed by atoms with Crippen molar-refractivity contribution >= 4 is 22.6 Å². The number of fused-ring (bicyclic) bond motifs is 1. The van der Waals surface area contributed by atoms with Crippen LogP contribution < -0.4 is 5.32 Å². The standard InChI is InChI=1S/C23H27N3O3/c1-14(21-15(2)25-26(4)16(21)3)22(27)24-13-19(23(28)29)12-18-10-7-9-17-8-5-6-11-20(17)18/h5-11,14,19H,12-13H2,1-4H3,(H,24,27)(H,28,29). The fraction of sp³-hybridized carbons (Fsp3) is 0.348. The third kappa shape index (κ3) is 4.31. The van der Waals surface area contributed by atoms with Gasteiger partial charge in [0.25, 0.3) is 0 Å². The van der Waals surface area contributed by atoms with E-state index in [9.17, 15) is 14.7 Å². The molecule has 2 atom stereocenters. The summed E-state index contributed by atoms with van der Waals surface area (Å²) in [6, 6.07) is 13.8. The lowest BCUT2D eigenvalue weighted by Crippen LogP contribution is -2.36. The molecule has 0 aliphatic carbocycles. The Labute approximate surface area is 170 Å². The quantitative estimate of drug-likeness (QED) is 0.645. The molecule has 1 aromatic heterocycles. The first-order chi connectivity index (χ1) is 13.8. The van der Waals surface area contributed by atoms with Crippen LogP contribution in [0.2, 0.25) is 0 Å². The molecule has 0 fully saturated rings. The number of carboxylic acids is 1. The number of nitrogens with one attached hydrogen (secondary N) is 1. The van der Waals surface area contributed by atoms with E-state index in [0.29, 0.717) is 6.42 Å². The Balaban J connectivity index is 1.72. The van der Waals surface area contributed by atoms with Gasteiger partial charge in [-0.3, -0.25) is 14.3 Å². The second-order valence-electron chi connectivity index (χ2n) is 7.55. The van der Waals surface area contributed by atoms with E-state index in [1.54, 1.807) is 4.68 Å². The van der Waals surface area contributed by atoms with Crippen LogP contribution in [0.15, 0.2) is 42.5 Å². The van der Waals surface area contributed by atoms with Crippen LogP contribution in [0.5, 0.6) is 0 Å². The summed E-state index contributed by atoms with van der Waals surface area (Å²) in [5.74, 6) is -2.20. The number of hydrogen-bond donors (Lipinski definition) is 2. The van der Waals surface area contributed by atoms with Crippen LogP contribution in [0.1, 0.15) is 35.4 Å². The third-order valence-corrected chi connectivity index (χ3v) is 5.61. The van der Waals surface area contributed by atoms with Gasteiger partial charge in [-0.15, -0.1) is 0 Å². The van der Waals surface area contributed by atoms with Crippen molar-refractivity contribution in [3.8, 4) is 0 Å². The van der Waals surface area contributed by atoms with Gasteiger partial charge < -0.3 is 10.4 Å². The number of aryl methyl sites for hydroxylation is 2. The molecule has 0 aliphatic heterocycles. The molecule has 2 unspecified atom stereocenters. The Morgan fingerprint density at radius 3 is 2.48 bits per heavy atom. The molecular formula is C23H27N3O3. The highest BCUT2D eigenvalue weighted by Gasteiger charge is 2.25. The highest BCUT2D eigenvalue weighted by Crippen LogP contribution is 2.24. The molecule has 2 N–H and O–H groups in total. The molecular weight excluding hydrogens is 366 g/mol. The van der Waals surface area contributed by atoms with Gasteiger partial charge in [0.15, 0.2) is 0 Å². The Hall–Kier alpha value is -3.15. The van der Waals surface area contributed by atoms with E-state index >= 15 is 0 Å². The monoisotopic (exact) mass is 393 g/mol. The summed E-state index contributed by atoms with van der Waals surface area (Å²) in [6.45, 7) is 5.72. The van der Waals surface area contributed by atoms with Crippen molar-refractivity contribution in [1.82, 2.24) is 15.1 Å². The minimum atomic E-state index is -0.917. The first kappa shape index (κ1) is 20.6. The normalized spacial score (nSPS) is 13.2. The second-order valence-corrected chi connectivity index (χ2v) is 7.55. The summed E-state index contributed by atoms with van der Waals surface area (Å²) >= 11 is 0. The molecule has 1 amide bonds. The van der Waals surface area contributed by atoms with Crippen molar-refractivity contribution in [3.05, 3.63) is 65.0 Å². The molecule has 6 heteroatoms. The van der Waals surface area contributed by atoms with Crippen LogP contribution in [0, 0.1) is 19.8 Å². The van der Waals surface area contributed by atoms with Gasteiger partial charge in [0.2, 0.25) is 5.91 Å². The summed E-state index contributed by atoms with van der Waals surface area (Å²) in [7, 11) is 1.85. The van der Waals surface area contributed by atoms with Crippen LogP contribution in [0.25, 0.3) is 10.8 Å². The molecule has 0 radical (unpaired) electrons. The lowest BCUT2D eigenvalue weighted by atomic mass is 9.94. The van der Waals surface area contributed by atoms with Gasteiger partial charge in [-0.25, -0.2) is 0 Å². The number of benzene rings is 2. The maximum Gasteiger partial charge on any atom is 0.308 e. The molecule has 3 rings (SSSR count). The maximum absolute atomic E-state index is 12.7. The molecule has 0 saturated heterocycles. The molecule has 1 heterocycles. The zero-order valence-corrected chi connectivity index (χ0v) is 17.3. The molecule has 3 aromatic rings. The average Bonchev–Trinajstić information content (AvgIpc) is 2.95. The van der Waals surface area contributed by atoms with Crippen molar-refractivity contribution < 1.29 is 14.7 Å². The number of nitrogens with zero attached hydrogens (tertiary/aromatic N) is 2. The minimum Gasteiger partial charge on any atom is -0.481 e. The fourth-order valence-corrected chi connectivity index (χ4v) is 3.91. The van der Waals surface area contributed by atoms with E-state index in [4.69, 9.17) is 0 Å². The predicted octanol–water partition coefficient (Wildman–Crippen LogP) is 3.35. The smallest absolute Gasteiger partial charge is 0.308 e. The van der Waals surface area contributed by atoms with Crippen LogP contribution in [0.4, 0.5) is 0 Å². The number of carboxylic acid groups (broad SMARTS) is 1. The molecule has 6 nitrogen and oxygen atoms in total. The highest BCUT2D eigenvalue weighted by molar-refractivity contribution is 5.87. The molecule has 2 aromatic carbocycles. The van der Waals surface area contributed by atoms with Gasteiger partial charge in [0, 0.05) is 24.8 Å². The van der Waals surface area contributed by atoms with Crippen LogP contribution in [-0.4, -0.2) is 33.3 Å². The highest BCUT2D eigenvalue weighted by atomic mass is 16.4. The fourth-order valence-electron chi connectivity index (χ4n) is 3.91. The lowest BCUT2D eigenvalue weighted by Gasteiger charge is -2.17. The van der Waals surface area contributed by atoms with E-state index in [1.165, 1.54) is 0 Å². The first-order valence-electron chi connectivity index (χ1n) is 9.76. The summed E-state index contributed by atoms with van der Waals surface area (Å²) in [6.07, 6.45) is 0.357. The summed E-state index contributed by atoms with van der Waals surface area (Å²) in [4.78, 5) is 24.5. The van der Waals surface area contributed by atoms with Crippen molar-refractivity contribution in [2.24, 2.45) is 13.0 Å². The summed E-state index contributed by atoms with van der Waals surface area (Å²) in [5, 5.41) is 19.0.